The van der Waals surface area contributed by atoms with Crippen LogP contribution in [0.1, 0.15) is 17.3 Å². The average Bonchev–Trinajstić information content (AvgIpc) is 3.08. The van der Waals surface area contributed by atoms with Gasteiger partial charge in [0.1, 0.15) is 6.61 Å². The molecule has 142 valence electrons. The Hall–Kier alpha value is -3.07. The molecule has 0 aromatic heterocycles. The van der Waals surface area contributed by atoms with Crippen LogP contribution in [0.5, 0.6) is 0 Å². The van der Waals surface area contributed by atoms with E-state index in [2.05, 4.69) is 4.72 Å². The van der Waals surface area contributed by atoms with Crippen molar-refractivity contribution in [1.29, 1.82) is 0 Å². The number of amides is 1. The van der Waals surface area contributed by atoms with Gasteiger partial charge >= 0.3 is 12.1 Å². The quantitative estimate of drug-likeness (QED) is 0.761. The zero-order chi connectivity index (χ0) is 19.4. The largest absolute Gasteiger partial charge is 0.462 e. The third kappa shape index (κ3) is 4.20. The summed E-state index contributed by atoms with van der Waals surface area (Å²) in [5, 5.41) is 0. The molecular formula is C18H18N2O6S. The maximum atomic E-state index is 12.5. The van der Waals surface area contributed by atoms with Crippen molar-refractivity contribution in [3.8, 4) is 0 Å². The Bertz CT molecular complexity index is 939. The first-order chi connectivity index (χ1) is 12.9. The van der Waals surface area contributed by atoms with Crippen LogP contribution in [0, 0.1) is 0 Å². The van der Waals surface area contributed by atoms with E-state index >= 15 is 0 Å². The predicted molar refractivity (Wildman–Crippen MR) is 98.3 cm³/mol. The van der Waals surface area contributed by atoms with Gasteiger partial charge in [0.2, 0.25) is 0 Å². The lowest BCUT2D eigenvalue weighted by atomic mass is 10.2. The van der Waals surface area contributed by atoms with Crippen molar-refractivity contribution in [2.75, 3.05) is 29.4 Å². The van der Waals surface area contributed by atoms with Gasteiger partial charge in [-0.2, -0.15) is 0 Å². The van der Waals surface area contributed by atoms with E-state index in [-0.39, 0.29) is 11.5 Å². The molecule has 0 spiro atoms. The molecule has 3 rings (SSSR count). The number of anilines is 2. The fraction of sp³-hybridized carbons (Fsp3) is 0.222. The summed E-state index contributed by atoms with van der Waals surface area (Å²) in [6.07, 6.45) is -0.453. The van der Waals surface area contributed by atoms with Crippen LogP contribution in [0.15, 0.2) is 53.4 Å². The van der Waals surface area contributed by atoms with E-state index in [0.29, 0.717) is 30.1 Å². The molecule has 27 heavy (non-hydrogen) atoms. The maximum absolute atomic E-state index is 12.5. The molecule has 1 aliphatic heterocycles. The van der Waals surface area contributed by atoms with E-state index in [1.165, 1.54) is 41.3 Å². The van der Waals surface area contributed by atoms with Crippen molar-refractivity contribution >= 4 is 33.5 Å². The van der Waals surface area contributed by atoms with Gasteiger partial charge in [-0.15, -0.1) is 0 Å². The van der Waals surface area contributed by atoms with E-state index in [4.69, 9.17) is 9.47 Å². The Balaban J connectivity index is 1.72. The third-order valence-electron chi connectivity index (χ3n) is 3.87. The van der Waals surface area contributed by atoms with Crippen molar-refractivity contribution in [2.24, 2.45) is 0 Å². The van der Waals surface area contributed by atoms with Crippen molar-refractivity contribution in [2.45, 2.75) is 11.8 Å². The average molecular weight is 390 g/mol. The number of carbonyl (C=O) groups is 2. The molecule has 1 aliphatic rings. The molecule has 9 heteroatoms. The van der Waals surface area contributed by atoms with Gasteiger partial charge in [0.25, 0.3) is 10.0 Å². The summed E-state index contributed by atoms with van der Waals surface area (Å²) >= 11 is 0. The molecule has 2 aromatic rings. The molecule has 1 amide bonds. The van der Waals surface area contributed by atoms with E-state index in [1.54, 1.807) is 19.1 Å². The van der Waals surface area contributed by atoms with E-state index < -0.39 is 22.1 Å². The smallest absolute Gasteiger partial charge is 0.414 e. The zero-order valence-corrected chi connectivity index (χ0v) is 15.4. The molecule has 1 fully saturated rings. The third-order valence-corrected chi connectivity index (χ3v) is 5.26. The van der Waals surface area contributed by atoms with E-state index in [9.17, 15) is 18.0 Å². The molecule has 0 unspecified atom stereocenters. The highest BCUT2D eigenvalue weighted by Gasteiger charge is 2.24. The first-order valence-corrected chi connectivity index (χ1v) is 9.73. The summed E-state index contributed by atoms with van der Waals surface area (Å²) in [5.41, 5.74) is 1.21. The number of benzene rings is 2. The fourth-order valence-corrected chi connectivity index (χ4v) is 3.59. The Morgan fingerprint density at radius 1 is 1.15 bits per heavy atom. The van der Waals surface area contributed by atoms with Gasteiger partial charge in [0, 0.05) is 11.4 Å². The predicted octanol–water partition coefficient (Wildman–Crippen LogP) is 2.62. The van der Waals surface area contributed by atoms with Gasteiger partial charge in [-0.25, -0.2) is 18.0 Å². The first-order valence-electron chi connectivity index (χ1n) is 8.25. The number of ether oxygens (including phenoxy) is 2. The standard InChI is InChI=1S/C18H18N2O6S/c1-2-25-17(21)13-3-5-14(6-4-13)19-27(23,24)16-9-7-15(8-10-16)20-11-12-26-18(20)22/h3-10,19H,2,11-12H2,1H3. The van der Waals surface area contributed by atoms with Gasteiger partial charge in [-0.1, -0.05) is 0 Å². The molecule has 1 heterocycles. The van der Waals surface area contributed by atoms with Crippen LogP contribution in [0.2, 0.25) is 0 Å². The summed E-state index contributed by atoms with van der Waals surface area (Å²) in [7, 11) is -3.81. The van der Waals surface area contributed by atoms with Gasteiger partial charge < -0.3 is 9.47 Å². The molecule has 1 saturated heterocycles. The van der Waals surface area contributed by atoms with Crippen LogP contribution < -0.4 is 9.62 Å². The van der Waals surface area contributed by atoms with Crippen LogP contribution in [-0.4, -0.2) is 40.2 Å². The summed E-state index contributed by atoms with van der Waals surface area (Å²) < 4.78 is 37.2. The van der Waals surface area contributed by atoms with Crippen LogP contribution in [0.25, 0.3) is 0 Å². The second-order valence-electron chi connectivity index (χ2n) is 5.66. The number of nitrogens with zero attached hydrogens (tertiary/aromatic N) is 1. The zero-order valence-electron chi connectivity index (χ0n) is 14.5. The molecule has 0 radical (unpaired) electrons. The molecule has 8 nitrogen and oxygen atoms in total. The normalized spacial score (nSPS) is 14.0. The monoisotopic (exact) mass is 390 g/mol. The van der Waals surface area contributed by atoms with Gasteiger partial charge in [-0.05, 0) is 55.5 Å². The van der Waals surface area contributed by atoms with Crippen LogP contribution >= 0.6 is 0 Å². The van der Waals surface area contributed by atoms with E-state index in [1.807, 2.05) is 0 Å². The minimum Gasteiger partial charge on any atom is -0.462 e. The van der Waals surface area contributed by atoms with Crippen molar-refractivity contribution < 1.29 is 27.5 Å². The topological polar surface area (TPSA) is 102 Å². The van der Waals surface area contributed by atoms with Crippen molar-refractivity contribution in [3.63, 3.8) is 0 Å². The highest BCUT2D eigenvalue weighted by Crippen LogP contribution is 2.22. The van der Waals surface area contributed by atoms with Crippen LogP contribution in [-0.2, 0) is 19.5 Å². The number of cyclic esters (lactones) is 1. The van der Waals surface area contributed by atoms with Crippen molar-refractivity contribution in [3.05, 3.63) is 54.1 Å². The van der Waals surface area contributed by atoms with Gasteiger partial charge in [0.05, 0.1) is 23.6 Å². The number of sulfonamides is 1. The highest BCUT2D eigenvalue weighted by molar-refractivity contribution is 7.92. The maximum Gasteiger partial charge on any atom is 0.414 e. The highest BCUT2D eigenvalue weighted by atomic mass is 32.2. The van der Waals surface area contributed by atoms with Gasteiger partial charge in [-0.3, -0.25) is 9.62 Å². The lowest BCUT2D eigenvalue weighted by Crippen LogP contribution is -2.23. The molecule has 0 atom stereocenters. The number of carbonyl (C=O) groups excluding carboxylic acids is 2. The number of rotatable bonds is 6. The lowest BCUT2D eigenvalue weighted by molar-refractivity contribution is 0.0526. The Morgan fingerprint density at radius 3 is 2.37 bits per heavy atom. The molecule has 2 aromatic carbocycles. The van der Waals surface area contributed by atoms with Gasteiger partial charge in [0.15, 0.2) is 0 Å². The first kappa shape index (κ1) is 18.7. The Labute approximate surface area is 156 Å². The number of esters is 1. The Kier molecular flexibility index (Phi) is 5.31. The summed E-state index contributed by atoms with van der Waals surface area (Å²) in [5.74, 6) is -0.470. The molecule has 0 aliphatic carbocycles. The molecule has 0 saturated carbocycles. The molecular weight excluding hydrogens is 372 g/mol. The summed E-state index contributed by atoms with van der Waals surface area (Å²) in [6.45, 7) is 2.70. The minimum absolute atomic E-state index is 0.0493. The molecule has 0 bridgehead atoms. The van der Waals surface area contributed by atoms with Crippen molar-refractivity contribution in [1.82, 2.24) is 0 Å². The number of nitrogens with one attached hydrogen (secondary N) is 1. The number of hydrogen-bond donors (Lipinski definition) is 1. The van der Waals surface area contributed by atoms with E-state index in [0.717, 1.165) is 0 Å². The Morgan fingerprint density at radius 2 is 1.81 bits per heavy atom. The number of hydrogen-bond acceptors (Lipinski definition) is 6. The molecule has 1 N–H and O–H groups in total. The second kappa shape index (κ2) is 7.67. The van der Waals surface area contributed by atoms with Crippen LogP contribution in [0.3, 0.4) is 0 Å². The van der Waals surface area contributed by atoms with Crippen LogP contribution in [0.4, 0.5) is 16.2 Å². The summed E-state index contributed by atoms with van der Waals surface area (Å²) in [4.78, 5) is 24.7. The fourth-order valence-electron chi connectivity index (χ4n) is 2.54. The SMILES string of the molecule is CCOC(=O)c1ccc(NS(=O)(=O)c2ccc(N3CCOC3=O)cc2)cc1. The lowest BCUT2D eigenvalue weighted by Gasteiger charge is -2.13. The second-order valence-corrected chi connectivity index (χ2v) is 7.35. The minimum atomic E-state index is -3.81. The summed E-state index contributed by atoms with van der Waals surface area (Å²) in [6, 6.07) is 11.9.